The number of rotatable bonds is 4. The van der Waals surface area contributed by atoms with Gasteiger partial charge in [-0.2, -0.15) is 0 Å². The molecule has 4 nitrogen and oxygen atoms in total. The fourth-order valence-corrected chi connectivity index (χ4v) is 3.34. The zero-order valence-electron chi connectivity index (χ0n) is 14.8. The maximum atomic E-state index is 12.9. The molecule has 6 heteroatoms. The van der Waals surface area contributed by atoms with Crippen LogP contribution < -0.4 is 10.2 Å². The van der Waals surface area contributed by atoms with Gasteiger partial charge in [-0.1, -0.05) is 29.8 Å². The molecule has 1 fully saturated rings. The highest BCUT2D eigenvalue weighted by atomic mass is 35.5. The summed E-state index contributed by atoms with van der Waals surface area (Å²) in [5, 5.41) is 3.71. The molecule has 0 aromatic heterocycles. The Morgan fingerprint density at radius 2 is 1.81 bits per heavy atom. The lowest BCUT2D eigenvalue weighted by molar-refractivity contribution is 0.194. The molecule has 0 unspecified atom stereocenters. The summed E-state index contributed by atoms with van der Waals surface area (Å²) in [4.78, 5) is 16.4. The second-order valence-electron chi connectivity index (χ2n) is 6.47. The minimum Gasteiger partial charge on any atom is -0.368 e. The van der Waals surface area contributed by atoms with Gasteiger partial charge in [-0.15, -0.1) is 0 Å². The minimum atomic E-state index is -0.245. The van der Waals surface area contributed by atoms with Crippen LogP contribution in [-0.2, 0) is 6.42 Å². The Morgan fingerprint density at radius 1 is 1.12 bits per heavy atom. The third kappa shape index (κ3) is 4.47. The second-order valence-corrected chi connectivity index (χ2v) is 6.87. The highest BCUT2D eigenvalue weighted by Gasteiger charge is 2.22. The van der Waals surface area contributed by atoms with Gasteiger partial charge in [0.25, 0.3) is 0 Å². The SMILES string of the molecule is Cc1c(Cl)cccc1N1CCN(C(=O)NCCc2ccc(F)cc2)CC1. The number of amides is 2. The minimum absolute atomic E-state index is 0.0467. The van der Waals surface area contributed by atoms with Crippen LogP contribution in [0.5, 0.6) is 0 Å². The van der Waals surface area contributed by atoms with E-state index in [1.54, 1.807) is 12.1 Å². The van der Waals surface area contributed by atoms with Crippen LogP contribution in [0.25, 0.3) is 0 Å². The average Bonchev–Trinajstić information content (AvgIpc) is 2.66. The third-order valence-corrected chi connectivity index (χ3v) is 5.16. The van der Waals surface area contributed by atoms with Gasteiger partial charge in [0.2, 0.25) is 0 Å². The summed E-state index contributed by atoms with van der Waals surface area (Å²) in [5.74, 6) is -0.245. The number of nitrogens with zero attached hydrogens (tertiary/aromatic N) is 2. The number of urea groups is 1. The highest BCUT2D eigenvalue weighted by molar-refractivity contribution is 6.31. The van der Waals surface area contributed by atoms with Crippen LogP contribution in [0.2, 0.25) is 5.02 Å². The second kappa shape index (κ2) is 8.41. The van der Waals surface area contributed by atoms with Crippen molar-refractivity contribution < 1.29 is 9.18 Å². The molecule has 1 aliphatic rings. The summed E-state index contributed by atoms with van der Waals surface area (Å²) >= 11 is 6.21. The predicted octanol–water partition coefficient (Wildman–Crippen LogP) is 3.86. The Bertz CT molecular complexity index is 758. The van der Waals surface area contributed by atoms with E-state index in [1.807, 2.05) is 24.0 Å². The summed E-state index contributed by atoms with van der Waals surface area (Å²) in [6.45, 7) is 5.48. The largest absolute Gasteiger partial charge is 0.368 e. The van der Waals surface area contributed by atoms with Gasteiger partial charge in [-0.05, 0) is 48.7 Å². The number of carbonyl (C=O) groups excluding carboxylic acids is 1. The summed E-state index contributed by atoms with van der Waals surface area (Å²) in [7, 11) is 0. The number of anilines is 1. The van der Waals surface area contributed by atoms with Crippen molar-refractivity contribution in [1.82, 2.24) is 10.2 Å². The molecule has 0 bridgehead atoms. The number of benzene rings is 2. The van der Waals surface area contributed by atoms with E-state index in [-0.39, 0.29) is 11.8 Å². The van der Waals surface area contributed by atoms with E-state index < -0.39 is 0 Å². The molecule has 2 aromatic rings. The lowest BCUT2D eigenvalue weighted by atomic mass is 10.1. The van der Waals surface area contributed by atoms with E-state index in [0.29, 0.717) is 26.1 Å². The zero-order valence-corrected chi connectivity index (χ0v) is 15.6. The van der Waals surface area contributed by atoms with Crippen LogP contribution in [0.15, 0.2) is 42.5 Å². The highest BCUT2D eigenvalue weighted by Crippen LogP contribution is 2.27. The van der Waals surface area contributed by atoms with E-state index in [2.05, 4.69) is 16.3 Å². The van der Waals surface area contributed by atoms with Gasteiger partial charge < -0.3 is 15.1 Å². The number of carbonyl (C=O) groups is 1. The number of hydrogen-bond acceptors (Lipinski definition) is 2. The van der Waals surface area contributed by atoms with Gasteiger partial charge in [-0.25, -0.2) is 9.18 Å². The van der Waals surface area contributed by atoms with Crippen molar-refractivity contribution in [2.75, 3.05) is 37.6 Å². The summed E-state index contributed by atoms with van der Waals surface area (Å²) in [6.07, 6.45) is 0.688. The number of halogens is 2. The van der Waals surface area contributed by atoms with Gasteiger partial charge in [0.05, 0.1) is 0 Å². The maximum absolute atomic E-state index is 12.9. The number of hydrogen-bond donors (Lipinski definition) is 1. The van der Waals surface area contributed by atoms with E-state index >= 15 is 0 Å². The standard InChI is InChI=1S/C20H23ClFN3O/c1-15-18(21)3-2-4-19(15)24-11-13-25(14-12-24)20(26)23-10-9-16-5-7-17(22)8-6-16/h2-8H,9-14H2,1H3,(H,23,26). The van der Waals surface area contributed by atoms with Crippen molar-refractivity contribution in [3.63, 3.8) is 0 Å². The first kappa shape index (κ1) is 18.5. The van der Waals surface area contributed by atoms with Crippen LogP contribution in [0.1, 0.15) is 11.1 Å². The topological polar surface area (TPSA) is 35.6 Å². The lowest BCUT2D eigenvalue weighted by Gasteiger charge is -2.36. The molecule has 1 saturated heterocycles. The third-order valence-electron chi connectivity index (χ3n) is 4.75. The number of nitrogens with one attached hydrogen (secondary N) is 1. The number of piperazine rings is 1. The smallest absolute Gasteiger partial charge is 0.317 e. The molecular formula is C20H23ClFN3O. The molecule has 2 amide bonds. The van der Waals surface area contributed by atoms with Crippen LogP contribution in [0.3, 0.4) is 0 Å². The van der Waals surface area contributed by atoms with Crippen molar-refractivity contribution >= 4 is 23.3 Å². The Labute approximate surface area is 158 Å². The summed E-state index contributed by atoms with van der Waals surface area (Å²) < 4.78 is 12.9. The van der Waals surface area contributed by atoms with Crippen molar-refractivity contribution in [3.8, 4) is 0 Å². The normalized spacial score (nSPS) is 14.4. The lowest BCUT2D eigenvalue weighted by Crippen LogP contribution is -2.52. The molecule has 0 saturated carbocycles. The first-order valence-corrected chi connectivity index (χ1v) is 9.19. The molecular weight excluding hydrogens is 353 g/mol. The van der Waals surface area contributed by atoms with Crippen LogP contribution in [0.4, 0.5) is 14.9 Å². The first-order chi connectivity index (χ1) is 12.5. The Morgan fingerprint density at radius 3 is 2.50 bits per heavy atom. The zero-order chi connectivity index (χ0) is 18.5. The van der Waals surface area contributed by atoms with E-state index in [4.69, 9.17) is 11.6 Å². The van der Waals surface area contributed by atoms with Gasteiger partial charge >= 0.3 is 6.03 Å². The summed E-state index contributed by atoms with van der Waals surface area (Å²) in [6, 6.07) is 12.2. The Balaban J connectivity index is 1.46. The Hall–Kier alpha value is -2.27. The van der Waals surface area contributed by atoms with Crippen molar-refractivity contribution in [1.29, 1.82) is 0 Å². The summed E-state index contributed by atoms with van der Waals surface area (Å²) in [5.41, 5.74) is 3.22. The molecule has 138 valence electrons. The van der Waals surface area contributed by atoms with Gasteiger partial charge in [0.1, 0.15) is 5.82 Å². The molecule has 3 rings (SSSR count). The molecule has 2 aromatic carbocycles. The quantitative estimate of drug-likeness (QED) is 0.880. The van der Waals surface area contributed by atoms with Crippen molar-refractivity contribution in [2.24, 2.45) is 0 Å². The molecule has 26 heavy (non-hydrogen) atoms. The molecule has 1 heterocycles. The van der Waals surface area contributed by atoms with E-state index in [0.717, 1.165) is 34.9 Å². The molecule has 0 radical (unpaired) electrons. The van der Waals surface area contributed by atoms with Gasteiger partial charge in [0, 0.05) is 43.4 Å². The average molecular weight is 376 g/mol. The molecule has 0 spiro atoms. The predicted molar refractivity (Wildman–Crippen MR) is 103 cm³/mol. The van der Waals surface area contributed by atoms with Crippen LogP contribution in [-0.4, -0.2) is 43.7 Å². The monoisotopic (exact) mass is 375 g/mol. The fourth-order valence-electron chi connectivity index (χ4n) is 3.17. The Kier molecular flexibility index (Phi) is 5.99. The first-order valence-electron chi connectivity index (χ1n) is 8.82. The van der Waals surface area contributed by atoms with E-state index in [9.17, 15) is 9.18 Å². The fraction of sp³-hybridized carbons (Fsp3) is 0.350. The van der Waals surface area contributed by atoms with Gasteiger partial charge in [-0.3, -0.25) is 0 Å². The van der Waals surface area contributed by atoms with Crippen LogP contribution >= 0.6 is 11.6 Å². The van der Waals surface area contributed by atoms with Gasteiger partial charge in [0.15, 0.2) is 0 Å². The van der Waals surface area contributed by atoms with Crippen LogP contribution in [0, 0.1) is 12.7 Å². The van der Waals surface area contributed by atoms with Crippen molar-refractivity contribution in [2.45, 2.75) is 13.3 Å². The molecule has 1 N–H and O–H groups in total. The van der Waals surface area contributed by atoms with E-state index in [1.165, 1.54) is 12.1 Å². The van der Waals surface area contributed by atoms with Crippen molar-refractivity contribution in [3.05, 3.63) is 64.4 Å². The molecule has 0 atom stereocenters. The molecule has 1 aliphatic heterocycles. The maximum Gasteiger partial charge on any atom is 0.317 e. The molecule has 0 aliphatic carbocycles.